The van der Waals surface area contributed by atoms with Crippen molar-refractivity contribution in [2.75, 3.05) is 14.1 Å². The molecule has 3 rings (SSSR count). The second-order valence-corrected chi connectivity index (χ2v) is 6.56. The Balaban J connectivity index is 1.75. The third-order valence-corrected chi connectivity index (χ3v) is 4.91. The molecule has 0 saturated carbocycles. The van der Waals surface area contributed by atoms with Crippen LogP contribution in [0.2, 0.25) is 0 Å². The van der Waals surface area contributed by atoms with Crippen LogP contribution in [0.5, 0.6) is 5.75 Å². The molecule has 6 nitrogen and oxygen atoms in total. The summed E-state index contributed by atoms with van der Waals surface area (Å²) in [6.07, 6.45) is 1.54. The molecule has 0 unspecified atom stereocenters. The summed E-state index contributed by atoms with van der Waals surface area (Å²) >= 11 is 5.07. The normalized spacial score (nSPS) is 14.2. The molecule has 1 fully saturated rings. The van der Waals surface area contributed by atoms with Gasteiger partial charge in [-0.25, -0.2) is 0 Å². The van der Waals surface area contributed by atoms with E-state index in [4.69, 9.17) is 22.2 Å². The SMILES string of the molecule is CN1C(=O)C(=Cc2ccc(OCc3ccccc3C#N)cc2)C(=O)N(C)C1=S. The molecule has 2 aromatic rings. The van der Waals surface area contributed by atoms with E-state index in [0.717, 1.165) is 5.56 Å². The molecule has 1 aliphatic rings. The Hall–Kier alpha value is -3.50. The van der Waals surface area contributed by atoms with E-state index < -0.39 is 11.8 Å². The Morgan fingerprint density at radius 3 is 2.25 bits per heavy atom. The molecule has 0 aliphatic carbocycles. The van der Waals surface area contributed by atoms with Gasteiger partial charge in [-0.15, -0.1) is 0 Å². The van der Waals surface area contributed by atoms with Gasteiger partial charge in [0.1, 0.15) is 17.9 Å². The Bertz CT molecular complexity index is 996. The van der Waals surface area contributed by atoms with E-state index in [0.29, 0.717) is 16.9 Å². The number of benzene rings is 2. The number of rotatable bonds is 4. The Morgan fingerprint density at radius 1 is 1.04 bits per heavy atom. The maximum Gasteiger partial charge on any atom is 0.265 e. The Labute approximate surface area is 168 Å². The van der Waals surface area contributed by atoms with Gasteiger partial charge >= 0.3 is 0 Å². The molecular weight excluding hydrogens is 374 g/mol. The monoisotopic (exact) mass is 391 g/mol. The second kappa shape index (κ2) is 8.03. The minimum atomic E-state index is -0.429. The first kappa shape index (κ1) is 19.3. The van der Waals surface area contributed by atoms with E-state index in [2.05, 4.69) is 6.07 Å². The predicted octanol–water partition coefficient (Wildman–Crippen LogP) is 2.74. The third kappa shape index (κ3) is 3.77. The molecule has 2 aromatic carbocycles. The Morgan fingerprint density at radius 2 is 1.64 bits per heavy atom. The minimum absolute atomic E-state index is 0.0511. The zero-order chi connectivity index (χ0) is 20.3. The molecule has 0 aromatic heterocycles. The van der Waals surface area contributed by atoms with Crippen LogP contribution in [-0.4, -0.2) is 40.8 Å². The number of carbonyl (C=O) groups is 2. The highest BCUT2D eigenvalue weighted by atomic mass is 32.1. The summed E-state index contributed by atoms with van der Waals surface area (Å²) in [6.45, 7) is 0.272. The summed E-state index contributed by atoms with van der Waals surface area (Å²) in [4.78, 5) is 27.2. The van der Waals surface area contributed by atoms with Gasteiger partial charge in [-0.1, -0.05) is 30.3 Å². The van der Waals surface area contributed by atoms with Crippen LogP contribution in [-0.2, 0) is 16.2 Å². The van der Waals surface area contributed by atoms with Gasteiger partial charge in [0.15, 0.2) is 5.11 Å². The topological polar surface area (TPSA) is 73.6 Å². The van der Waals surface area contributed by atoms with Crippen LogP contribution < -0.4 is 4.74 Å². The zero-order valence-electron chi connectivity index (χ0n) is 15.4. The maximum atomic E-state index is 12.4. The summed E-state index contributed by atoms with van der Waals surface area (Å²) < 4.78 is 5.73. The van der Waals surface area contributed by atoms with Crippen LogP contribution >= 0.6 is 12.2 Å². The standard InChI is InChI=1S/C21H17N3O3S/c1-23-19(25)18(20(26)24(2)21(23)28)11-14-7-9-17(10-8-14)27-13-16-6-4-3-5-15(16)12-22/h3-11H,13H2,1-2H3. The number of thiocarbonyl (C=S) groups is 1. The predicted molar refractivity (Wildman–Crippen MR) is 108 cm³/mol. The van der Waals surface area contributed by atoms with Crippen LogP contribution in [0.4, 0.5) is 0 Å². The number of amides is 2. The molecule has 2 amide bonds. The van der Waals surface area contributed by atoms with Crippen molar-refractivity contribution < 1.29 is 14.3 Å². The number of hydrogen-bond acceptors (Lipinski definition) is 5. The fourth-order valence-electron chi connectivity index (χ4n) is 2.72. The van der Waals surface area contributed by atoms with Gasteiger partial charge in [0, 0.05) is 19.7 Å². The van der Waals surface area contributed by atoms with Crippen LogP contribution in [0.25, 0.3) is 6.08 Å². The highest BCUT2D eigenvalue weighted by Crippen LogP contribution is 2.20. The van der Waals surface area contributed by atoms with Gasteiger partial charge in [-0.3, -0.25) is 19.4 Å². The molecule has 0 spiro atoms. The summed E-state index contributed by atoms with van der Waals surface area (Å²) in [5, 5.41) is 9.30. The lowest BCUT2D eigenvalue weighted by molar-refractivity contribution is -0.132. The molecule has 0 radical (unpaired) electrons. The third-order valence-electron chi connectivity index (χ3n) is 4.37. The molecule has 0 atom stereocenters. The average Bonchev–Trinajstić information content (AvgIpc) is 2.73. The van der Waals surface area contributed by atoms with Gasteiger partial charge in [0.2, 0.25) is 0 Å². The first-order valence-corrected chi connectivity index (χ1v) is 8.86. The molecule has 140 valence electrons. The van der Waals surface area contributed by atoms with Gasteiger partial charge in [-0.05, 0) is 42.1 Å². The first-order valence-electron chi connectivity index (χ1n) is 8.45. The summed E-state index contributed by atoms with van der Waals surface area (Å²) in [6, 6.07) is 16.4. The van der Waals surface area contributed by atoms with Crippen LogP contribution in [0.1, 0.15) is 16.7 Å². The van der Waals surface area contributed by atoms with E-state index in [-0.39, 0.29) is 17.3 Å². The van der Waals surface area contributed by atoms with E-state index in [1.807, 2.05) is 12.1 Å². The number of likely N-dealkylation sites (N-methyl/N-ethyl adjacent to an activating group) is 2. The lowest BCUT2D eigenvalue weighted by Crippen LogP contribution is -2.52. The van der Waals surface area contributed by atoms with Crippen LogP contribution in [0.15, 0.2) is 54.1 Å². The number of hydrogen-bond donors (Lipinski definition) is 0. The van der Waals surface area contributed by atoms with Gasteiger partial charge in [0.05, 0.1) is 11.6 Å². The summed E-state index contributed by atoms with van der Waals surface area (Å²) in [5.74, 6) is -0.241. The van der Waals surface area contributed by atoms with E-state index in [1.165, 1.54) is 30.0 Å². The van der Waals surface area contributed by atoms with Crippen LogP contribution in [0.3, 0.4) is 0 Å². The van der Waals surface area contributed by atoms with Gasteiger partial charge in [0.25, 0.3) is 11.8 Å². The average molecular weight is 391 g/mol. The highest BCUT2D eigenvalue weighted by molar-refractivity contribution is 7.80. The van der Waals surface area contributed by atoms with E-state index in [1.54, 1.807) is 36.4 Å². The zero-order valence-corrected chi connectivity index (χ0v) is 16.2. The van der Waals surface area contributed by atoms with Gasteiger partial charge in [-0.2, -0.15) is 5.26 Å². The van der Waals surface area contributed by atoms with E-state index in [9.17, 15) is 9.59 Å². The van der Waals surface area contributed by atoms with Crippen molar-refractivity contribution in [2.24, 2.45) is 0 Å². The van der Waals surface area contributed by atoms with Gasteiger partial charge < -0.3 is 4.74 Å². The lowest BCUT2D eigenvalue weighted by atomic mass is 10.1. The molecule has 0 N–H and O–H groups in total. The van der Waals surface area contributed by atoms with Crippen molar-refractivity contribution in [3.63, 3.8) is 0 Å². The summed E-state index contributed by atoms with van der Waals surface area (Å²) in [7, 11) is 3.08. The van der Waals surface area contributed by atoms with Crippen LogP contribution in [0, 0.1) is 11.3 Å². The fourth-order valence-corrected chi connectivity index (χ4v) is 2.88. The van der Waals surface area contributed by atoms with Crippen molar-refractivity contribution in [3.8, 4) is 11.8 Å². The number of ether oxygens (including phenoxy) is 1. The fraction of sp³-hybridized carbons (Fsp3) is 0.143. The first-order chi connectivity index (χ1) is 13.4. The maximum absolute atomic E-state index is 12.4. The van der Waals surface area contributed by atoms with Crippen molar-refractivity contribution >= 4 is 35.2 Å². The molecular formula is C21H17N3O3S. The molecule has 7 heteroatoms. The quantitative estimate of drug-likeness (QED) is 0.455. The molecule has 28 heavy (non-hydrogen) atoms. The second-order valence-electron chi connectivity index (χ2n) is 6.20. The molecule has 1 aliphatic heterocycles. The highest BCUT2D eigenvalue weighted by Gasteiger charge is 2.35. The number of nitrogens with zero attached hydrogens (tertiary/aromatic N) is 3. The Kier molecular flexibility index (Phi) is 5.52. The lowest BCUT2D eigenvalue weighted by Gasteiger charge is -2.31. The van der Waals surface area contributed by atoms with Crippen molar-refractivity contribution in [2.45, 2.75) is 6.61 Å². The minimum Gasteiger partial charge on any atom is -0.489 e. The van der Waals surface area contributed by atoms with Crippen molar-refractivity contribution in [3.05, 3.63) is 70.8 Å². The number of nitriles is 1. The smallest absolute Gasteiger partial charge is 0.265 e. The van der Waals surface area contributed by atoms with E-state index >= 15 is 0 Å². The molecule has 1 heterocycles. The summed E-state index contributed by atoms with van der Waals surface area (Å²) in [5.41, 5.74) is 2.12. The molecule has 1 saturated heterocycles. The molecule has 0 bridgehead atoms. The number of carbonyl (C=O) groups excluding carboxylic acids is 2. The largest absolute Gasteiger partial charge is 0.489 e. The van der Waals surface area contributed by atoms with Crippen molar-refractivity contribution in [1.29, 1.82) is 5.26 Å². The van der Waals surface area contributed by atoms with Crippen molar-refractivity contribution in [1.82, 2.24) is 9.80 Å².